The number of ether oxygens (including phenoxy) is 1. The van der Waals surface area contributed by atoms with Gasteiger partial charge in [0.25, 0.3) is 0 Å². The third-order valence-electron chi connectivity index (χ3n) is 3.55. The van der Waals surface area contributed by atoms with Gasteiger partial charge in [0.15, 0.2) is 0 Å². The number of nitrogens with one attached hydrogen (secondary N) is 1. The van der Waals surface area contributed by atoms with Crippen LogP contribution in [-0.2, 0) is 4.74 Å². The van der Waals surface area contributed by atoms with Crippen LogP contribution >= 0.6 is 0 Å². The highest BCUT2D eigenvalue weighted by Gasteiger charge is 2.32. The van der Waals surface area contributed by atoms with Crippen molar-refractivity contribution in [2.45, 2.75) is 83.8 Å². The van der Waals surface area contributed by atoms with Crippen molar-refractivity contribution < 1.29 is 9.84 Å². The number of hydrogen-bond donors (Lipinski definition) is 2. The van der Waals surface area contributed by atoms with Crippen LogP contribution < -0.4 is 5.32 Å². The second-order valence-corrected chi connectivity index (χ2v) is 7.06. The van der Waals surface area contributed by atoms with Crippen LogP contribution in [0.4, 0.5) is 0 Å². The molecular weight excluding hydrogens is 265 g/mol. The van der Waals surface area contributed by atoms with E-state index in [1.54, 1.807) is 0 Å². The molecule has 3 unspecified atom stereocenters. The molecule has 0 saturated carbocycles. The average Bonchev–Trinajstić information content (AvgIpc) is 2.72. The quantitative estimate of drug-likeness (QED) is 0.530. The van der Waals surface area contributed by atoms with Crippen molar-refractivity contribution in [3.05, 3.63) is 0 Å². The highest BCUT2D eigenvalue weighted by Crippen LogP contribution is 2.22. The zero-order chi connectivity index (χ0) is 16.1. The highest BCUT2D eigenvalue weighted by atomic mass is 16.6. The third kappa shape index (κ3) is 6.37. The van der Waals surface area contributed by atoms with Crippen LogP contribution in [0.1, 0.15) is 53.9 Å². The summed E-state index contributed by atoms with van der Waals surface area (Å²) in [6, 6.07) is 0.253. The lowest BCUT2D eigenvalue weighted by Crippen LogP contribution is -2.56. The standard InChI is InChI=1S/C15H30BN3O2/c1-6-8-15(5,18-13(20)21-14(2,3)4)11-19-12(10-16)7-9-17-19/h9,12-13,18,20H,6-8,10-11H2,1-5H3. The van der Waals surface area contributed by atoms with Crippen LogP contribution in [-0.4, -0.2) is 54.3 Å². The largest absolute Gasteiger partial charge is 0.356 e. The Kier molecular flexibility index (Phi) is 6.69. The van der Waals surface area contributed by atoms with Gasteiger partial charge in [-0.05, 0) is 34.1 Å². The Morgan fingerprint density at radius 3 is 2.67 bits per heavy atom. The average molecular weight is 295 g/mol. The summed E-state index contributed by atoms with van der Waals surface area (Å²) in [6.07, 6.45) is 4.32. The minimum Gasteiger partial charge on any atom is -0.356 e. The SMILES string of the molecule is [B]CC1CC=NN1CC(C)(CCC)NC(O)OC(C)(C)C. The van der Waals surface area contributed by atoms with Gasteiger partial charge in [0.05, 0.1) is 20.0 Å². The van der Waals surface area contributed by atoms with Gasteiger partial charge in [-0.25, -0.2) is 0 Å². The van der Waals surface area contributed by atoms with Gasteiger partial charge in [-0.3, -0.25) is 10.3 Å². The van der Waals surface area contributed by atoms with Crippen LogP contribution in [0.2, 0.25) is 6.32 Å². The molecule has 0 bridgehead atoms. The van der Waals surface area contributed by atoms with Crippen molar-refractivity contribution in [1.29, 1.82) is 0 Å². The molecule has 120 valence electrons. The topological polar surface area (TPSA) is 57.1 Å². The predicted octanol–water partition coefficient (Wildman–Crippen LogP) is 1.87. The molecule has 3 atom stereocenters. The van der Waals surface area contributed by atoms with E-state index in [1.165, 1.54) is 0 Å². The maximum Gasteiger partial charge on any atom is 0.214 e. The molecule has 0 amide bonds. The minimum atomic E-state index is -0.996. The third-order valence-corrected chi connectivity index (χ3v) is 3.55. The predicted molar refractivity (Wildman–Crippen MR) is 87.5 cm³/mol. The van der Waals surface area contributed by atoms with Gasteiger partial charge in [0, 0.05) is 24.2 Å². The van der Waals surface area contributed by atoms with Gasteiger partial charge in [-0.1, -0.05) is 19.7 Å². The van der Waals surface area contributed by atoms with Gasteiger partial charge in [-0.2, -0.15) is 5.10 Å². The lowest BCUT2D eigenvalue weighted by Gasteiger charge is -2.39. The molecule has 0 aromatic heterocycles. The smallest absolute Gasteiger partial charge is 0.214 e. The minimum absolute atomic E-state index is 0.253. The number of hydrogen-bond acceptors (Lipinski definition) is 5. The Bertz CT molecular complexity index is 346. The van der Waals surface area contributed by atoms with Gasteiger partial charge >= 0.3 is 0 Å². The first-order valence-electron chi connectivity index (χ1n) is 7.82. The zero-order valence-corrected chi connectivity index (χ0v) is 14.1. The molecule has 5 nitrogen and oxygen atoms in total. The summed E-state index contributed by atoms with van der Waals surface area (Å²) in [5.41, 5.74) is -0.681. The molecule has 0 aliphatic carbocycles. The first-order chi connectivity index (χ1) is 9.69. The first kappa shape index (κ1) is 18.5. The fourth-order valence-corrected chi connectivity index (χ4v) is 2.65. The monoisotopic (exact) mass is 295 g/mol. The normalized spacial score (nSPS) is 23.3. The van der Waals surface area contributed by atoms with Crippen molar-refractivity contribution in [3.63, 3.8) is 0 Å². The molecule has 1 aliphatic heterocycles. The van der Waals surface area contributed by atoms with E-state index < -0.39 is 12.0 Å². The molecular formula is C15H30BN3O2. The molecule has 1 aliphatic rings. The summed E-state index contributed by atoms with van der Waals surface area (Å²) in [6.45, 7) is 10.7. The fraction of sp³-hybridized carbons (Fsp3) is 0.933. The summed E-state index contributed by atoms with van der Waals surface area (Å²) >= 11 is 0. The lowest BCUT2D eigenvalue weighted by atomic mass is 9.92. The molecule has 21 heavy (non-hydrogen) atoms. The number of nitrogens with zero attached hydrogens (tertiary/aromatic N) is 2. The van der Waals surface area contributed by atoms with Crippen molar-refractivity contribution in [2.24, 2.45) is 5.10 Å². The van der Waals surface area contributed by atoms with Crippen LogP contribution in [0.5, 0.6) is 0 Å². The molecule has 2 N–H and O–H groups in total. The zero-order valence-electron chi connectivity index (χ0n) is 14.1. The summed E-state index contributed by atoms with van der Waals surface area (Å²) < 4.78 is 5.56. The van der Waals surface area contributed by atoms with Gasteiger partial charge in [-0.15, -0.1) is 0 Å². The molecule has 6 heteroatoms. The first-order valence-corrected chi connectivity index (χ1v) is 7.82. The molecule has 0 saturated heterocycles. The van der Waals surface area contributed by atoms with Crippen molar-refractivity contribution >= 4 is 14.1 Å². The van der Waals surface area contributed by atoms with E-state index in [1.807, 2.05) is 32.0 Å². The highest BCUT2D eigenvalue weighted by molar-refractivity contribution is 6.09. The summed E-state index contributed by atoms with van der Waals surface area (Å²) in [5, 5.41) is 19.8. The van der Waals surface area contributed by atoms with E-state index in [0.29, 0.717) is 12.9 Å². The maximum absolute atomic E-state index is 10.1. The second-order valence-electron chi connectivity index (χ2n) is 7.06. The Hall–Kier alpha value is -0.585. The number of rotatable bonds is 8. The van der Waals surface area contributed by atoms with E-state index in [2.05, 4.69) is 24.3 Å². The number of hydrazone groups is 1. The molecule has 1 heterocycles. The molecule has 0 aromatic rings. The summed E-state index contributed by atoms with van der Waals surface area (Å²) in [4.78, 5) is 0. The second kappa shape index (κ2) is 7.61. The van der Waals surface area contributed by atoms with Gasteiger partial charge < -0.3 is 9.84 Å². The Morgan fingerprint density at radius 2 is 2.14 bits per heavy atom. The molecule has 0 fully saturated rings. The van der Waals surface area contributed by atoms with Crippen molar-refractivity contribution in [1.82, 2.24) is 10.3 Å². The van der Waals surface area contributed by atoms with Gasteiger partial charge in [0.2, 0.25) is 6.41 Å². The van der Waals surface area contributed by atoms with Crippen LogP contribution in [0.3, 0.4) is 0 Å². The Balaban J connectivity index is 2.66. The van der Waals surface area contributed by atoms with E-state index in [-0.39, 0.29) is 11.6 Å². The summed E-state index contributed by atoms with van der Waals surface area (Å²) in [5.74, 6) is 0. The van der Waals surface area contributed by atoms with Crippen LogP contribution in [0, 0.1) is 0 Å². The van der Waals surface area contributed by atoms with E-state index >= 15 is 0 Å². The van der Waals surface area contributed by atoms with Crippen LogP contribution in [0.25, 0.3) is 0 Å². The lowest BCUT2D eigenvalue weighted by molar-refractivity contribution is -0.193. The Labute approximate surface area is 130 Å². The summed E-state index contributed by atoms with van der Waals surface area (Å²) in [7, 11) is 5.79. The van der Waals surface area contributed by atoms with E-state index in [9.17, 15) is 5.11 Å². The maximum atomic E-state index is 10.1. The number of aliphatic hydroxyl groups is 1. The van der Waals surface area contributed by atoms with Crippen molar-refractivity contribution in [2.75, 3.05) is 6.54 Å². The molecule has 2 radical (unpaired) electrons. The van der Waals surface area contributed by atoms with E-state index in [0.717, 1.165) is 19.3 Å². The Morgan fingerprint density at radius 1 is 1.48 bits per heavy atom. The molecule has 0 spiro atoms. The van der Waals surface area contributed by atoms with Gasteiger partial charge in [0.1, 0.15) is 0 Å². The number of aliphatic hydroxyl groups excluding tert-OH is 1. The molecule has 0 aromatic carbocycles. The van der Waals surface area contributed by atoms with E-state index in [4.69, 9.17) is 12.6 Å². The fourth-order valence-electron chi connectivity index (χ4n) is 2.65. The molecule has 1 rings (SSSR count). The van der Waals surface area contributed by atoms with Crippen LogP contribution in [0.15, 0.2) is 5.10 Å². The van der Waals surface area contributed by atoms with Crippen molar-refractivity contribution in [3.8, 4) is 0 Å².